The number of rotatable bonds is 2. The molecule has 0 aliphatic carbocycles. The van der Waals surface area contributed by atoms with E-state index in [0.29, 0.717) is 6.42 Å². The Labute approximate surface area is 48.2 Å². The van der Waals surface area contributed by atoms with Crippen molar-refractivity contribution in [2.45, 2.75) is 20.3 Å². The number of hydrogen-bond acceptors (Lipinski definition) is 3. The van der Waals surface area contributed by atoms with E-state index in [9.17, 15) is 4.79 Å². The maximum absolute atomic E-state index is 10.3. The molecule has 0 amide bonds. The highest BCUT2D eigenvalue weighted by Crippen LogP contribution is 2.00. The van der Waals surface area contributed by atoms with Gasteiger partial charge in [0.2, 0.25) is 0 Å². The van der Waals surface area contributed by atoms with Crippen molar-refractivity contribution in [2.24, 2.45) is 5.92 Å². The lowest BCUT2D eigenvalue weighted by Gasteiger charge is -2.00. The molecule has 1 atom stereocenters. The predicted octanol–water partition coefficient (Wildman–Crippen LogP) is 1.05. The van der Waals surface area contributed by atoms with E-state index in [2.05, 4.69) is 4.89 Å². The topological polar surface area (TPSA) is 46.5 Å². The van der Waals surface area contributed by atoms with Crippen molar-refractivity contribution >= 4 is 5.97 Å². The molecule has 1 unspecified atom stereocenters. The highest BCUT2D eigenvalue weighted by atomic mass is 17.1. The Hall–Kier alpha value is -0.570. The van der Waals surface area contributed by atoms with Crippen LogP contribution in [-0.4, -0.2) is 11.2 Å². The SMILES string of the molecule is CCC(C)C(=O)OO. The minimum atomic E-state index is -0.562. The third kappa shape index (κ3) is 1.93. The fourth-order valence-corrected chi connectivity index (χ4v) is 0.257. The first-order chi connectivity index (χ1) is 3.72. The molecule has 0 saturated carbocycles. The smallest absolute Gasteiger partial charge is 0.301 e. The third-order valence-electron chi connectivity index (χ3n) is 1.10. The molecule has 1 N–H and O–H groups in total. The molecule has 3 heteroatoms. The average molecular weight is 118 g/mol. The molecule has 0 heterocycles. The standard InChI is InChI=1S/C5H10O3/c1-3-4(2)5(6)8-7/h4,7H,3H2,1-2H3. The molecule has 0 aliphatic heterocycles. The summed E-state index contributed by atoms with van der Waals surface area (Å²) in [5.74, 6) is -0.757. The van der Waals surface area contributed by atoms with E-state index < -0.39 is 5.97 Å². The van der Waals surface area contributed by atoms with Gasteiger partial charge in [-0.05, 0) is 6.42 Å². The Morgan fingerprint density at radius 1 is 1.88 bits per heavy atom. The molecule has 0 aromatic carbocycles. The van der Waals surface area contributed by atoms with Crippen LogP contribution in [0.4, 0.5) is 0 Å². The molecule has 0 spiro atoms. The van der Waals surface area contributed by atoms with Crippen LogP contribution in [0.1, 0.15) is 20.3 Å². The Morgan fingerprint density at radius 2 is 2.38 bits per heavy atom. The lowest BCUT2D eigenvalue weighted by molar-refractivity contribution is -0.238. The van der Waals surface area contributed by atoms with Crippen molar-refractivity contribution in [3.8, 4) is 0 Å². The van der Waals surface area contributed by atoms with Crippen LogP contribution in [-0.2, 0) is 9.68 Å². The van der Waals surface area contributed by atoms with Gasteiger partial charge in [0.25, 0.3) is 0 Å². The van der Waals surface area contributed by atoms with E-state index in [0.717, 1.165) is 0 Å². The van der Waals surface area contributed by atoms with E-state index in [1.807, 2.05) is 6.92 Å². The molecule has 0 aromatic heterocycles. The van der Waals surface area contributed by atoms with Crippen molar-refractivity contribution < 1.29 is 14.9 Å². The molecule has 0 aliphatic rings. The summed E-state index contributed by atoms with van der Waals surface area (Å²) in [6.07, 6.45) is 0.694. The van der Waals surface area contributed by atoms with Gasteiger partial charge in [-0.2, -0.15) is 5.26 Å². The number of hydrogen-bond donors (Lipinski definition) is 1. The maximum atomic E-state index is 10.3. The van der Waals surface area contributed by atoms with Gasteiger partial charge in [0.15, 0.2) is 0 Å². The first-order valence-corrected chi connectivity index (χ1v) is 2.57. The summed E-state index contributed by atoms with van der Waals surface area (Å²) < 4.78 is 0. The fourth-order valence-electron chi connectivity index (χ4n) is 0.257. The van der Waals surface area contributed by atoms with Crippen LogP contribution < -0.4 is 0 Å². The van der Waals surface area contributed by atoms with Crippen molar-refractivity contribution in [1.82, 2.24) is 0 Å². The Balaban J connectivity index is 3.46. The van der Waals surface area contributed by atoms with E-state index in [4.69, 9.17) is 5.26 Å². The molecular formula is C5H10O3. The molecule has 0 radical (unpaired) electrons. The zero-order valence-corrected chi connectivity index (χ0v) is 5.05. The quantitative estimate of drug-likeness (QED) is 0.435. The first-order valence-electron chi connectivity index (χ1n) is 2.57. The molecule has 0 rings (SSSR count). The van der Waals surface area contributed by atoms with Gasteiger partial charge in [-0.15, -0.1) is 0 Å². The van der Waals surface area contributed by atoms with E-state index in [1.165, 1.54) is 0 Å². The number of carbonyl (C=O) groups excluding carboxylic acids is 1. The highest BCUT2D eigenvalue weighted by molar-refractivity contribution is 5.71. The summed E-state index contributed by atoms with van der Waals surface area (Å²) in [7, 11) is 0. The second-order valence-electron chi connectivity index (χ2n) is 1.72. The van der Waals surface area contributed by atoms with Crippen molar-refractivity contribution in [3.05, 3.63) is 0 Å². The largest absolute Gasteiger partial charge is 0.344 e. The van der Waals surface area contributed by atoms with Crippen LogP contribution in [0, 0.1) is 5.92 Å². The van der Waals surface area contributed by atoms with Gasteiger partial charge < -0.3 is 4.89 Å². The lowest BCUT2D eigenvalue weighted by Crippen LogP contribution is -2.11. The Morgan fingerprint density at radius 3 is 2.50 bits per heavy atom. The van der Waals surface area contributed by atoms with Gasteiger partial charge in [0, 0.05) is 0 Å². The first kappa shape index (κ1) is 7.43. The average Bonchev–Trinajstić information content (AvgIpc) is 1.84. The van der Waals surface area contributed by atoms with Crippen LogP contribution in [0.3, 0.4) is 0 Å². The van der Waals surface area contributed by atoms with Crippen LogP contribution in [0.25, 0.3) is 0 Å². The molecule has 8 heavy (non-hydrogen) atoms. The van der Waals surface area contributed by atoms with Crippen LogP contribution >= 0.6 is 0 Å². The van der Waals surface area contributed by atoms with Crippen molar-refractivity contribution in [3.63, 3.8) is 0 Å². The van der Waals surface area contributed by atoms with Crippen LogP contribution in [0.5, 0.6) is 0 Å². The molecule has 0 fully saturated rings. The summed E-state index contributed by atoms with van der Waals surface area (Å²) in [5.41, 5.74) is 0. The molecular weight excluding hydrogens is 108 g/mol. The summed E-state index contributed by atoms with van der Waals surface area (Å²) in [4.78, 5) is 13.7. The predicted molar refractivity (Wildman–Crippen MR) is 28.2 cm³/mol. The molecule has 0 bridgehead atoms. The van der Waals surface area contributed by atoms with E-state index >= 15 is 0 Å². The minimum Gasteiger partial charge on any atom is -0.301 e. The highest BCUT2D eigenvalue weighted by Gasteiger charge is 2.10. The third-order valence-corrected chi connectivity index (χ3v) is 1.10. The monoisotopic (exact) mass is 118 g/mol. The zero-order valence-electron chi connectivity index (χ0n) is 5.05. The van der Waals surface area contributed by atoms with E-state index in [-0.39, 0.29) is 5.92 Å². The number of carbonyl (C=O) groups is 1. The maximum Gasteiger partial charge on any atom is 0.344 e. The Bertz CT molecular complexity index is 79.7. The molecule has 3 nitrogen and oxygen atoms in total. The van der Waals surface area contributed by atoms with Crippen LogP contribution in [0.2, 0.25) is 0 Å². The second kappa shape index (κ2) is 3.43. The van der Waals surface area contributed by atoms with Gasteiger partial charge in [-0.3, -0.25) is 0 Å². The van der Waals surface area contributed by atoms with Gasteiger partial charge >= 0.3 is 5.97 Å². The normalized spacial score (nSPS) is 12.9. The fraction of sp³-hybridized carbons (Fsp3) is 0.800. The molecule has 0 saturated heterocycles. The zero-order chi connectivity index (χ0) is 6.57. The minimum absolute atomic E-state index is 0.194. The van der Waals surface area contributed by atoms with Gasteiger partial charge in [-0.1, -0.05) is 13.8 Å². The van der Waals surface area contributed by atoms with Gasteiger partial charge in [-0.25, -0.2) is 4.79 Å². The van der Waals surface area contributed by atoms with Crippen molar-refractivity contribution in [2.75, 3.05) is 0 Å². The second-order valence-corrected chi connectivity index (χ2v) is 1.72. The molecule has 0 aromatic rings. The van der Waals surface area contributed by atoms with E-state index in [1.54, 1.807) is 6.92 Å². The summed E-state index contributed by atoms with van der Waals surface area (Å²) in [6, 6.07) is 0. The summed E-state index contributed by atoms with van der Waals surface area (Å²) >= 11 is 0. The lowest BCUT2D eigenvalue weighted by atomic mass is 10.1. The summed E-state index contributed by atoms with van der Waals surface area (Å²) in [6.45, 7) is 3.54. The molecule has 48 valence electrons. The van der Waals surface area contributed by atoms with Crippen molar-refractivity contribution in [1.29, 1.82) is 0 Å². The Kier molecular flexibility index (Phi) is 3.19. The summed E-state index contributed by atoms with van der Waals surface area (Å²) in [5, 5.41) is 7.79. The van der Waals surface area contributed by atoms with Gasteiger partial charge in [0.05, 0.1) is 5.92 Å². The van der Waals surface area contributed by atoms with Gasteiger partial charge in [0.1, 0.15) is 0 Å². The van der Waals surface area contributed by atoms with Crippen LogP contribution in [0.15, 0.2) is 0 Å².